The molecule has 5 fully saturated rings. The highest BCUT2D eigenvalue weighted by atomic mass is 16.6. The number of hydrogen-bond acceptors (Lipinski definition) is 4. The maximum absolute atomic E-state index is 12.8. The molecule has 1 aliphatic heterocycles. The average Bonchev–Trinajstić information content (AvgIpc) is 2.71. The molecular weight excluding hydrogens is 432 g/mol. The van der Waals surface area contributed by atoms with Gasteiger partial charge in [-0.25, -0.2) is 9.59 Å². The van der Waals surface area contributed by atoms with E-state index >= 15 is 0 Å². The van der Waals surface area contributed by atoms with E-state index in [1.165, 1.54) is 19.3 Å². The van der Waals surface area contributed by atoms with Crippen LogP contribution in [0.3, 0.4) is 0 Å². The van der Waals surface area contributed by atoms with Crippen molar-refractivity contribution in [2.45, 2.75) is 89.7 Å². The van der Waals surface area contributed by atoms with E-state index in [0.717, 1.165) is 56.4 Å². The van der Waals surface area contributed by atoms with Crippen LogP contribution in [0, 0.1) is 23.7 Å². The predicted molar refractivity (Wildman–Crippen MR) is 130 cm³/mol. The SMILES string of the molecule is CN(CC1CCCN(C(=O)CCNC(=O)NC23CC4CC(CC(C4)C2)C3)C1)C(=O)OC(C)(C)C. The zero-order chi connectivity index (χ0) is 24.5. The molecule has 4 bridgehead atoms. The Morgan fingerprint density at radius 2 is 1.68 bits per heavy atom. The van der Waals surface area contributed by atoms with Crippen molar-refractivity contribution >= 4 is 18.0 Å². The highest BCUT2D eigenvalue weighted by molar-refractivity contribution is 5.78. The van der Waals surface area contributed by atoms with E-state index in [4.69, 9.17) is 4.74 Å². The van der Waals surface area contributed by atoms with Crippen molar-refractivity contribution in [3.8, 4) is 0 Å². The number of nitrogens with one attached hydrogen (secondary N) is 2. The van der Waals surface area contributed by atoms with Crippen molar-refractivity contribution in [2.75, 3.05) is 33.2 Å². The first kappa shape index (κ1) is 25.1. The van der Waals surface area contributed by atoms with E-state index in [0.29, 0.717) is 26.1 Å². The summed E-state index contributed by atoms with van der Waals surface area (Å²) >= 11 is 0. The molecule has 1 unspecified atom stereocenters. The second-order valence-corrected chi connectivity index (χ2v) is 12.5. The van der Waals surface area contributed by atoms with E-state index < -0.39 is 5.60 Å². The zero-order valence-corrected chi connectivity index (χ0v) is 21.5. The van der Waals surface area contributed by atoms with Crippen LogP contribution in [0.15, 0.2) is 0 Å². The van der Waals surface area contributed by atoms with Gasteiger partial charge in [0.2, 0.25) is 5.91 Å². The highest BCUT2D eigenvalue weighted by Gasteiger charge is 2.51. The van der Waals surface area contributed by atoms with Gasteiger partial charge in [0.1, 0.15) is 5.60 Å². The Kier molecular flexibility index (Phi) is 7.34. The summed E-state index contributed by atoms with van der Waals surface area (Å²) in [5.41, 5.74) is -0.530. The van der Waals surface area contributed by atoms with E-state index in [1.807, 2.05) is 25.7 Å². The predicted octanol–water partition coefficient (Wildman–Crippen LogP) is 3.75. The molecule has 5 rings (SSSR count). The third kappa shape index (κ3) is 6.36. The van der Waals surface area contributed by atoms with Crippen LogP contribution in [0.4, 0.5) is 9.59 Å². The van der Waals surface area contributed by atoms with Crippen LogP contribution in [0.25, 0.3) is 0 Å². The van der Waals surface area contributed by atoms with E-state index in [9.17, 15) is 14.4 Å². The molecule has 8 heteroatoms. The van der Waals surface area contributed by atoms with Crippen LogP contribution in [0.2, 0.25) is 0 Å². The maximum Gasteiger partial charge on any atom is 0.410 e. The lowest BCUT2D eigenvalue weighted by Crippen LogP contribution is -2.61. The Morgan fingerprint density at radius 3 is 2.26 bits per heavy atom. The molecule has 1 saturated heterocycles. The second kappa shape index (κ2) is 9.94. The van der Waals surface area contributed by atoms with Crippen molar-refractivity contribution < 1.29 is 19.1 Å². The third-order valence-electron chi connectivity index (χ3n) is 8.15. The average molecular weight is 477 g/mol. The van der Waals surface area contributed by atoms with Crippen molar-refractivity contribution in [1.29, 1.82) is 0 Å². The molecule has 5 aliphatic rings. The van der Waals surface area contributed by atoms with Gasteiger partial charge < -0.3 is 25.2 Å². The van der Waals surface area contributed by atoms with Crippen LogP contribution in [0.5, 0.6) is 0 Å². The smallest absolute Gasteiger partial charge is 0.410 e. The van der Waals surface area contributed by atoms with Gasteiger partial charge in [-0.3, -0.25) is 4.79 Å². The molecule has 192 valence electrons. The number of likely N-dealkylation sites (tertiary alicyclic amines) is 1. The van der Waals surface area contributed by atoms with Crippen molar-refractivity contribution in [3.05, 3.63) is 0 Å². The summed E-state index contributed by atoms with van der Waals surface area (Å²) in [6.07, 6.45) is 9.31. The Balaban J connectivity index is 1.17. The summed E-state index contributed by atoms with van der Waals surface area (Å²) in [4.78, 5) is 41.2. The minimum absolute atomic E-state index is 0.0108. The lowest BCUT2D eigenvalue weighted by molar-refractivity contribution is -0.132. The Labute approximate surface area is 204 Å². The van der Waals surface area contributed by atoms with Gasteiger partial charge in [-0.15, -0.1) is 0 Å². The first-order valence-electron chi connectivity index (χ1n) is 13.3. The Hall–Kier alpha value is -1.99. The van der Waals surface area contributed by atoms with Crippen molar-refractivity contribution in [3.63, 3.8) is 0 Å². The van der Waals surface area contributed by atoms with Gasteiger partial charge in [0.15, 0.2) is 0 Å². The van der Waals surface area contributed by atoms with Crippen LogP contribution in [-0.4, -0.2) is 72.2 Å². The lowest BCUT2D eigenvalue weighted by atomic mass is 9.53. The van der Waals surface area contributed by atoms with Crippen LogP contribution >= 0.6 is 0 Å². The van der Waals surface area contributed by atoms with E-state index in [2.05, 4.69) is 10.6 Å². The molecule has 0 aromatic heterocycles. The number of hydrogen-bond donors (Lipinski definition) is 2. The zero-order valence-electron chi connectivity index (χ0n) is 21.5. The summed E-state index contributed by atoms with van der Waals surface area (Å²) in [7, 11) is 1.75. The maximum atomic E-state index is 12.8. The van der Waals surface area contributed by atoms with Gasteiger partial charge in [-0.05, 0) is 95.8 Å². The number of amides is 4. The number of rotatable bonds is 6. The van der Waals surface area contributed by atoms with Crippen LogP contribution in [0.1, 0.15) is 78.6 Å². The Morgan fingerprint density at radius 1 is 1.06 bits per heavy atom. The monoisotopic (exact) mass is 476 g/mol. The normalized spacial score (nSPS) is 32.3. The fraction of sp³-hybridized carbons (Fsp3) is 0.885. The summed E-state index contributed by atoms with van der Waals surface area (Å²) < 4.78 is 5.44. The summed E-state index contributed by atoms with van der Waals surface area (Å²) in [5.74, 6) is 2.67. The molecule has 0 spiro atoms. The number of urea groups is 1. The first-order valence-corrected chi connectivity index (χ1v) is 13.3. The molecule has 0 aromatic rings. The lowest BCUT2D eigenvalue weighted by Gasteiger charge is -2.56. The molecule has 8 nitrogen and oxygen atoms in total. The number of carbonyl (C=O) groups is 3. The number of ether oxygens (including phenoxy) is 1. The number of piperidine rings is 1. The molecule has 4 saturated carbocycles. The van der Waals surface area contributed by atoms with Gasteiger partial charge in [0, 0.05) is 45.2 Å². The number of carbonyl (C=O) groups excluding carboxylic acids is 3. The highest BCUT2D eigenvalue weighted by Crippen LogP contribution is 2.55. The van der Waals surface area contributed by atoms with Gasteiger partial charge >= 0.3 is 12.1 Å². The van der Waals surface area contributed by atoms with E-state index in [1.54, 1.807) is 11.9 Å². The van der Waals surface area contributed by atoms with Crippen molar-refractivity contribution in [2.24, 2.45) is 23.7 Å². The van der Waals surface area contributed by atoms with Crippen LogP contribution in [-0.2, 0) is 9.53 Å². The molecule has 4 amide bonds. The third-order valence-corrected chi connectivity index (χ3v) is 8.15. The first-order chi connectivity index (χ1) is 16.0. The van der Waals surface area contributed by atoms with Gasteiger partial charge in [0.05, 0.1) is 0 Å². The van der Waals surface area contributed by atoms with Crippen LogP contribution < -0.4 is 10.6 Å². The minimum Gasteiger partial charge on any atom is -0.444 e. The topological polar surface area (TPSA) is 91.0 Å². The molecule has 0 aromatic carbocycles. The minimum atomic E-state index is -0.519. The number of nitrogens with zero attached hydrogens (tertiary/aromatic N) is 2. The fourth-order valence-electron chi connectivity index (χ4n) is 7.23. The largest absolute Gasteiger partial charge is 0.444 e. The van der Waals surface area contributed by atoms with E-state index in [-0.39, 0.29) is 29.5 Å². The van der Waals surface area contributed by atoms with Gasteiger partial charge in [-0.2, -0.15) is 0 Å². The van der Waals surface area contributed by atoms with Gasteiger partial charge in [0.25, 0.3) is 0 Å². The summed E-state index contributed by atoms with van der Waals surface area (Å²) in [5, 5.41) is 6.25. The molecule has 2 N–H and O–H groups in total. The fourth-order valence-corrected chi connectivity index (χ4v) is 7.23. The summed E-state index contributed by atoms with van der Waals surface area (Å²) in [6, 6.07) is -0.120. The molecule has 34 heavy (non-hydrogen) atoms. The molecule has 0 radical (unpaired) electrons. The molecule has 1 atom stereocenters. The standard InChI is InChI=1S/C26H44N4O4/c1-25(2,3)34-24(33)29(4)16-18-6-5-9-30(17-18)22(31)7-8-27-23(32)28-26-13-19-10-20(14-26)12-21(11-19)15-26/h18-21H,5-17H2,1-4H3,(H2,27,28,32). The Bertz CT molecular complexity index is 742. The molecule has 1 heterocycles. The van der Waals surface area contributed by atoms with Gasteiger partial charge in [-0.1, -0.05) is 0 Å². The molecule has 4 aliphatic carbocycles. The molecular formula is C26H44N4O4. The second-order valence-electron chi connectivity index (χ2n) is 12.5. The quantitative estimate of drug-likeness (QED) is 0.611. The van der Waals surface area contributed by atoms with Crippen molar-refractivity contribution in [1.82, 2.24) is 20.4 Å². The summed E-state index contributed by atoms with van der Waals surface area (Å²) in [6.45, 7) is 7.89.